The van der Waals surface area contributed by atoms with Crippen molar-refractivity contribution in [2.24, 2.45) is 0 Å². The van der Waals surface area contributed by atoms with E-state index >= 15 is 0 Å². The van der Waals surface area contributed by atoms with Crippen LogP contribution in [0, 0.1) is 0 Å². The molecule has 78 valence electrons. The summed E-state index contributed by atoms with van der Waals surface area (Å²) in [6, 6.07) is 21.5. The Balaban J connectivity index is 1.89. The number of benzene rings is 2. The first-order valence-electron chi connectivity index (χ1n) is 5.73. The van der Waals surface area contributed by atoms with E-state index in [1.54, 1.807) is 0 Å². The summed E-state index contributed by atoms with van der Waals surface area (Å²) in [6.07, 6.45) is 4.60. The quantitative estimate of drug-likeness (QED) is 0.648. The zero-order chi connectivity index (χ0) is 10.8. The fraction of sp³-hybridized carbons (Fsp3) is 0.125. The van der Waals surface area contributed by atoms with E-state index in [1.807, 2.05) is 0 Å². The van der Waals surface area contributed by atoms with Crippen molar-refractivity contribution in [1.29, 1.82) is 0 Å². The summed E-state index contributed by atoms with van der Waals surface area (Å²) in [7, 11) is 0. The first kappa shape index (κ1) is 9.41. The van der Waals surface area contributed by atoms with E-state index in [-0.39, 0.29) is 0 Å². The average molecular weight is 206 g/mol. The molecule has 0 N–H and O–H groups in total. The van der Waals surface area contributed by atoms with E-state index in [2.05, 4.69) is 72.8 Å². The summed E-state index contributed by atoms with van der Waals surface area (Å²) in [4.78, 5) is 0. The van der Waals surface area contributed by atoms with Crippen LogP contribution in [-0.2, 0) is 0 Å². The van der Waals surface area contributed by atoms with Gasteiger partial charge in [-0.05, 0) is 11.1 Å². The van der Waals surface area contributed by atoms with Crippen LogP contribution in [0.25, 0.3) is 0 Å². The lowest BCUT2D eigenvalue weighted by atomic mass is 9.74. The second-order valence-electron chi connectivity index (χ2n) is 4.26. The highest BCUT2D eigenvalue weighted by molar-refractivity contribution is 5.41. The summed E-state index contributed by atoms with van der Waals surface area (Å²) in [6.45, 7) is 0. The van der Waals surface area contributed by atoms with Gasteiger partial charge in [0.25, 0.3) is 0 Å². The van der Waals surface area contributed by atoms with E-state index in [0.29, 0.717) is 11.8 Å². The molecule has 1 aliphatic carbocycles. The molecule has 0 heterocycles. The van der Waals surface area contributed by atoms with Gasteiger partial charge in [-0.3, -0.25) is 0 Å². The van der Waals surface area contributed by atoms with Crippen LogP contribution in [0.5, 0.6) is 0 Å². The van der Waals surface area contributed by atoms with Crippen LogP contribution in [0.3, 0.4) is 0 Å². The van der Waals surface area contributed by atoms with Gasteiger partial charge in [0.15, 0.2) is 0 Å². The van der Waals surface area contributed by atoms with E-state index in [4.69, 9.17) is 0 Å². The number of hydrogen-bond acceptors (Lipinski definition) is 0. The van der Waals surface area contributed by atoms with E-state index in [1.165, 1.54) is 11.1 Å². The van der Waals surface area contributed by atoms with Crippen molar-refractivity contribution < 1.29 is 0 Å². The maximum absolute atomic E-state index is 2.30. The second-order valence-corrected chi connectivity index (χ2v) is 4.26. The molecule has 0 amide bonds. The molecule has 0 saturated heterocycles. The minimum atomic E-state index is 0.559. The van der Waals surface area contributed by atoms with E-state index in [9.17, 15) is 0 Å². The maximum Gasteiger partial charge on any atom is 0.0122 e. The van der Waals surface area contributed by atoms with Crippen molar-refractivity contribution in [3.63, 3.8) is 0 Å². The average Bonchev–Trinajstić information content (AvgIpc) is 2.30. The topological polar surface area (TPSA) is 0 Å². The van der Waals surface area contributed by atoms with Gasteiger partial charge in [-0.25, -0.2) is 0 Å². The van der Waals surface area contributed by atoms with Gasteiger partial charge in [-0.15, -0.1) is 0 Å². The van der Waals surface area contributed by atoms with Crippen molar-refractivity contribution >= 4 is 0 Å². The molecule has 0 aliphatic heterocycles. The standard InChI is InChI=1S/C16H14/c1-3-7-13(8-4-1)15-11-12-16(15)14-9-5-2-6-10-14/h1-12,15-16H/t15-,16+. The van der Waals surface area contributed by atoms with Gasteiger partial charge in [0.05, 0.1) is 0 Å². The lowest BCUT2D eigenvalue weighted by Crippen LogP contribution is -2.14. The van der Waals surface area contributed by atoms with Gasteiger partial charge >= 0.3 is 0 Å². The highest BCUT2D eigenvalue weighted by Gasteiger charge is 2.26. The molecule has 0 aromatic heterocycles. The molecule has 0 spiro atoms. The molecular formula is C16H14. The normalized spacial score (nSPS) is 22.8. The van der Waals surface area contributed by atoms with Crippen LogP contribution in [-0.4, -0.2) is 0 Å². The molecule has 1 aliphatic rings. The third-order valence-electron chi connectivity index (χ3n) is 3.28. The molecule has 2 aromatic rings. The zero-order valence-corrected chi connectivity index (χ0v) is 9.08. The molecular weight excluding hydrogens is 192 g/mol. The first-order valence-corrected chi connectivity index (χ1v) is 5.73. The van der Waals surface area contributed by atoms with Crippen LogP contribution in [0.15, 0.2) is 72.8 Å². The molecule has 0 unspecified atom stereocenters. The molecule has 0 fully saturated rings. The van der Waals surface area contributed by atoms with Gasteiger partial charge in [0.1, 0.15) is 0 Å². The minimum Gasteiger partial charge on any atom is -0.0794 e. The van der Waals surface area contributed by atoms with Crippen molar-refractivity contribution in [1.82, 2.24) is 0 Å². The highest BCUT2D eigenvalue weighted by atomic mass is 14.3. The third-order valence-corrected chi connectivity index (χ3v) is 3.28. The number of hydrogen-bond donors (Lipinski definition) is 0. The summed E-state index contributed by atoms with van der Waals surface area (Å²) in [5.74, 6) is 1.12. The Labute approximate surface area is 96.3 Å². The largest absolute Gasteiger partial charge is 0.0794 e. The van der Waals surface area contributed by atoms with Gasteiger partial charge < -0.3 is 0 Å². The molecule has 2 aromatic carbocycles. The van der Waals surface area contributed by atoms with Crippen LogP contribution < -0.4 is 0 Å². The molecule has 2 atom stereocenters. The summed E-state index contributed by atoms with van der Waals surface area (Å²) < 4.78 is 0. The van der Waals surface area contributed by atoms with Gasteiger partial charge in [0.2, 0.25) is 0 Å². The van der Waals surface area contributed by atoms with Crippen molar-refractivity contribution in [3.05, 3.63) is 83.9 Å². The molecule has 0 bridgehead atoms. The van der Waals surface area contributed by atoms with Gasteiger partial charge in [-0.1, -0.05) is 72.8 Å². The monoisotopic (exact) mass is 206 g/mol. The van der Waals surface area contributed by atoms with Crippen molar-refractivity contribution in [2.45, 2.75) is 11.8 Å². The van der Waals surface area contributed by atoms with Crippen molar-refractivity contribution in [3.8, 4) is 0 Å². The second kappa shape index (κ2) is 3.97. The summed E-state index contributed by atoms with van der Waals surface area (Å²) >= 11 is 0. The highest BCUT2D eigenvalue weighted by Crippen LogP contribution is 2.42. The van der Waals surface area contributed by atoms with E-state index < -0.39 is 0 Å². The Morgan fingerprint density at radius 3 is 1.19 bits per heavy atom. The Hall–Kier alpha value is -1.82. The molecule has 0 heteroatoms. The third kappa shape index (κ3) is 1.57. The van der Waals surface area contributed by atoms with Crippen LogP contribution >= 0.6 is 0 Å². The Bertz CT molecular complexity index is 434. The van der Waals surface area contributed by atoms with Crippen LogP contribution in [0.4, 0.5) is 0 Å². The maximum atomic E-state index is 2.30. The number of rotatable bonds is 2. The fourth-order valence-electron chi connectivity index (χ4n) is 2.32. The molecule has 0 radical (unpaired) electrons. The Morgan fingerprint density at radius 2 is 0.875 bits per heavy atom. The van der Waals surface area contributed by atoms with Crippen LogP contribution in [0.2, 0.25) is 0 Å². The Morgan fingerprint density at radius 1 is 0.500 bits per heavy atom. The van der Waals surface area contributed by atoms with Gasteiger partial charge in [0, 0.05) is 11.8 Å². The molecule has 0 nitrogen and oxygen atoms in total. The lowest BCUT2D eigenvalue weighted by Gasteiger charge is -2.30. The van der Waals surface area contributed by atoms with Crippen LogP contribution in [0.1, 0.15) is 23.0 Å². The molecule has 16 heavy (non-hydrogen) atoms. The smallest absolute Gasteiger partial charge is 0.0122 e. The molecule has 3 rings (SSSR count). The number of allylic oxidation sites excluding steroid dienone is 2. The first-order chi connectivity index (χ1) is 7.95. The fourth-order valence-corrected chi connectivity index (χ4v) is 2.32. The SMILES string of the molecule is C1=C[C@@H](c2ccccc2)[C@H]1c1ccccc1. The summed E-state index contributed by atoms with van der Waals surface area (Å²) in [5, 5.41) is 0. The lowest BCUT2D eigenvalue weighted by molar-refractivity contribution is 0.675. The predicted molar refractivity (Wildman–Crippen MR) is 67.5 cm³/mol. The Kier molecular flexibility index (Phi) is 2.34. The summed E-state index contributed by atoms with van der Waals surface area (Å²) in [5.41, 5.74) is 2.83. The van der Waals surface area contributed by atoms with Gasteiger partial charge in [-0.2, -0.15) is 0 Å². The molecule has 0 saturated carbocycles. The predicted octanol–water partition coefficient (Wildman–Crippen LogP) is 4.12. The van der Waals surface area contributed by atoms with Crippen molar-refractivity contribution in [2.75, 3.05) is 0 Å². The van der Waals surface area contributed by atoms with E-state index in [0.717, 1.165) is 0 Å². The zero-order valence-electron chi connectivity index (χ0n) is 9.08. The minimum absolute atomic E-state index is 0.559.